The van der Waals surface area contributed by atoms with E-state index in [4.69, 9.17) is 4.74 Å². The van der Waals surface area contributed by atoms with Crippen molar-refractivity contribution < 1.29 is 9.53 Å². The number of benzene rings is 1. The van der Waals surface area contributed by atoms with Gasteiger partial charge < -0.3 is 10.1 Å². The lowest BCUT2D eigenvalue weighted by molar-refractivity contribution is -0.117. The quantitative estimate of drug-likeness (QED) is 0.606. The van der Waals surface area contributed by atoms with Gasteiger partial charge >= 0.3 is 0 Å². The molecule has 0 atom stereocenters. The van der Waals surface area contributed by atoms with E-state index in [1.54, 1.807) is 14.0 Å². The second-order valence-electron chi connectivity index (χ2n) is 3.49. The summed E-state index contributed by atoms with van der Waals surface area (Å²) in [4.78, 5) is 11.6. The van der Waals surface area contributed by atoms with Gasteiger partial charge in [0.1, 0.15) is 0 Å². The fourth-order valence-corrected chi connectivity index (χ4v) is 1.27. The Morgan fingerprint density at radius 3 is 2.69 bits per heavy atom. The SMILES string of the molecule is COCCNC(=O)/C(C)=C/c1ccccc1. The number of amides is 1. The number of carbonyl (C=O) groups excluding carboxylic acids is 1. The molecule has 0 bridgehead atoms. The molecule has 0 saturated heterocycles. The zero-order valence-corrected chi connectivity index (χ0v) is 9.69. The maximum Gasteiger partial charge on any atom is 0.247 e. The Balaban J connectivity index is 2.53. The predicted molar refractivity (Wildman–Crippen MR) is 65.0 cm³/mol. The summed E-state index contributed by atoms with van der Waals surface area (Å²) in [5, 5.41) is 2.77. The first-order valence-corrected chi connectivity index (χ1v) is 5.24. The second-order valence-corrected chi connectivity index (χ2v) is 3.49. The lowest BCUT2D eigenvalue weighted by Gasteiger charge is -2.04. The monoisotopic (exact) mass is 219 g/mol. The maximum absolute atomic E-state index is 11.6. The molecule has 0 aliphatic rings. The summed E-state index contributed by atoms with van der Waals surface area (Å²) in [6.07, 6.45) is 1.86. The van der Waals surface area contributed by atoms with Crippen LogP contribution in [0, 0.1) is 0 Å². The molecule has 0 aliphatic carbocycles. The van der Waals surface area contributed by atoms with E-state index in [2.05, 4.69) is 5.32 Å². The molecule has 16 heavy (non-hydrogen) atoms. The Morgan fingerprint density at radius 1 is 1.38 bits per heavy atom. The summed E-state index contributed by atoms with van der Waals surface area (Å²) in [6.45, 7) is 2.87. The fourth-order valence-electron chi connectivity index (χ4n) is 1.27. The van der Waals surface area contributed by atoms with Crippen molar-refractivity contribution in [1.82, 2.24) is 5.32 Å². The number of nitrogens with one attached hydrogen (secondary N) is 1. The van der Waals surface area contributed by atoms with Gasteiger partial charge in [0, 0.05) is 19.2 Å². The van der Waals surface area contributed by atoms with Crippen molar-refractivity contribution in [1.29, 1.82) is 0 Å². The van der Waals surface area contributed by atoms with Gasteiger partial charge in [0.15, 0.2) is 0 Å². The Hall–Kier alpha value is -1.61. The zero-order chi connectivity index (χ0) is 11.8. The second kappa shape index (κ2) is 6.80. The standard InChI is InChI=1S/C13H17NO2/c1-11(13(15)14-8-9-16-2)10-12-6-4-3-5-7-12/h3-7,10H,8-9H2,1-2H3,(H,14,15)/b11-10+. The molecule has 3 heteroatoms. The number of carbonyl (C=O) groups is 1. The minimum absolute atomic E-state index is 0.0547. The molecule has 0 fully saturated rings. The van der Waals surface area contributed by atoms with Crippen LogP contribution in [0.15, 0.2) is 35.9 Å². The predicted octanol–water partition coefficient (Wildman–Crippen LogP) is 1.85. The summed E-state index contributed by atoms with van der Waals surface area (Å²) in [6, 6.07) is 9.77. The molecule has 86 valence electrons. The van der Waals surface area contributed by atoms with Crippen LogP contribution in [0.5, 0.6) is 0 Å². The minimum atomic E-state index is -0.0547. The van der Waals surface area contributed by atoms with Crippen molar-refractivity contribution in [2.75, 3.05) is 20.3 Å². The highest BCUT2D eigenvalue weighted by atomic mass is 16.5. The number of hydrogen-bond donors (Lipinski definition) is 1. The third-order valence-electron chi connectivity index (χ3n) is 2.13. The van der Waals surface area contributed by atoms with E-state index in [1.165, 1.54) is 0 Å². The molecule has 0 spiro atoms. The van der Waals surface area contributed by atoms with Crippen LogP contribution in [0.1, 0.15) is 12.5 Å². The van der Waals surface area contributed by atoms with Crippen LogP contribution < -0.4 is 5.32 Å². The van der Waals surface area contributed by atoms with Crippen molar-refractivity contribution in [2.45, 2.75) is 6.92 Å². The van der Waals surface area contributed by atoms with Crippen molar-refractivity contribution in [3.8, 4) is 0 Å². The number of hydrogen-bond acceptors (Lipinski definition) is 2. The summed E-state index contributed by atoms with van der Waals surface area (Å²) >= 11 is 0. The summed E-state index contributed by atoms with van der Waals surface area (Å²) < 4.78 is 4.86. The van der Waals surface area contributed by atoms with Crippen molar-refractivity contribution in [3.05, 3.63) is 41.5 Å². The molecule has 0 aliphatic heterocycles. The summed E-state index contributed by atoms with van der Waals surface area (Å²) in [5.41, 5.74) is 1.73. The number of ether oxygens (including phenoxy) is 1. The Morgan fingerprint density at radius 2 is 2.06 bits per heavy atom. The van der Waals surface area contributed by atoms with Gasteiger partial charge in [-0.25, -0.2) is 0 Å². The van der Waals surface area contributed by atoms with Crippen LogP contribution in [0.3, 0.4) is 0 Å². The summed E-state index contributed by atoms with van der Waals surface area (Å²) in [7, 11) is 1.61. The molecule has 1 N–H and O–H groups in total. The highest BCUT2D eigenvalue weighted by molar-refractivity contribution is 5.97. The van der Waals surface area contributed by atoms with Crippen molar-refractivity contribution in [3.63, 3.8) is 0 Å². The van der Waals surface area contributed by atoms with Crippen molar-refractivity contribution >= 4 is 12.0 Å². The molecule has 1 aromatic carbocycles. The highest BCUT2D eigenvalue weighted by Gasteiger charge is 2.02. The average molecular weight is 219 g/mol. The first kappa shape index (κ1) is 12.5. The Bertz CT molecular complexity index is 357. The number of rotatable bonds is 5. The highest BCUT2D eigenvalue weighted by Crippen LogP contribution is 2.05. The van der Waals surface area contributed by atoms with Crippen LogP contribution in [0.2, 0.25) is 0 Å². The van der Waals surface area contributed by atoms with Crippen molar-refractivity contribution in [2.24, 2.45) is 0 Å². The largest absolute Gasteiger partial charge is 0.383 e. The van der Waals surface area contributed by atoms with Crippen LogP contribution in [0.4, 0.5) is 0 Å². The van der Waals surface area contributed by atoms with Gasteiger partial charge in [-0.15, -0.1) is 0 Å². The van der Waals surface area contributed by atoms with Crippen LogP contribution in [-0.4, -0.2) is 26.2 Å². The molecule has 3 nitrogen and oxygen atoms in total. The van der Waals surface area contributed by atoms with E-state index < -0.39 is 0 Å². The van der Waals surface area contributed by atoms with Gasteiger partial charge in [-0.1, -0.05) is 30.3 Å². The molecular formula is C13H17NO2. The van der Waals surface area contributed by atoms with E-state index in [0.717, 1.165) is 5.56 Å². The first-order valence-electron chi connectivity index (χ1n) is 5.24. The zero-order valence-electron chi connectivity index (χ0n) is 9.69. The first-order chi connectivity index (χ1) is 7.74. The van der Waals surface area contributed by atoms with Gasteiger partial charge in [0.2, 0.25) is 5.91 Å². The van der Waals surface area contributed by atoms with E-state index in [-0.39, 0.29) is 5.91 Å². The molecule has 0 aromatic heterocycles. The van der Waals surface area contributed by atoms with Gasteiger partial charge in [-0.3, -0.25) is 4.79 Å². The van der Waals surface area contributed by atoms with E-state index >= 15 is 0 Å². The molecular weight excluding hydrogens is 202 g/mol. The van der Waals surface area contributed by atoms with Gasteiger partial charge in [0.25, 0.3) is 0 Å². The molecule has 0 saturated carbocycles. The van der Waals surface area contributed by atoms with Gasteiger partial charge in [-0.05, 0) is 18.6 Å². The molecule has 0 radical (unpaired) electrons. The third-order valence-corrected chi connectivity index (χ3v) is 2.13. The molecule has 0 heterocycles. The summed E-state index contributed by atoms with van der Waals surface area (Å²) in [5.74, 6) is -0.0547. The Labute approximate surface area is 96.1 Å². The fraction of sp³-hybridized carbons (Fsp3) is 0.308. The van der Waals surface area contributed by atoms with E-state index in [9.17, 15) is 4.79 Å². The topological polar surface area (TPSA) is 38.3 Å². The van der Waals surface area contributed by atoms with E-state index in [1.807, 2.05) is 36.4 Å². The minimum Gasteiger partial charge on any atom is -0.383 e. The smallest absolute Gasteiger partial charge is 0.247 e. The van der Waals surface area contributed by atoms with Gasteiger partial charge in [0.05, 0.1) is 6.61 Å². The normalized spacial score (nSPS) is 11.2. The molecule has 1 amide bonds. The van der Waals surface area contributed by atoms with Crippen LogP contribution in [0.25, 0.3) is 6.08 Å². The number of methoxy groups -OCH3 is 1. The lowest BCUT2D eigenvalue weighted by atomic mass is 10.1. The van der Waals surface area contributed by atoms with Gasteiger partial charge in [-0.2, -0.15) is 0 Å². The molecule has 1 rings (SSSR count). The van der Waals surface area contributed by atoms with Crippen LogP contribution in [-0.2, 0) is 9.53 Å². The third kappa shape index (κ3) is 4.28. The van der Waals surface area contributed by atoms with E-state index in [0.29, 0.717) is 18.7 Å². The molecule has 1 aromatic rings. The molecule has 0 unspecified atom stereocenters. The van der Waals surface area contributed by atoms with Crippen LogP contribution >= 0.6 is 0 Å². The maximum atomic E-state index is 11.6. The average Bonchev–Trinajstić information content (AvgIpc) is 2.30. The Kier molecular flexibility index (Phi) is 5.29. The lowest BCUT2D eigenvalue weighted by Crippen LogP contribution is -2.27.